The lowest BCUT2D eigenvalue weighted by atomic mass is 10.6. The molecule has 0 aromatic carbocycles. The minimum Gasteiger partial charge on any atom is -0.261 e. The van der Waals surface area contributed by atoms with Gasteiger partial charge in [0.2, 0.25) is 0 Å². The summed E-state index contributed by atoms with van der Waals surface area (Å²) in [7, 11) is 0. The number of rotatable bonds is 2. The molecule has 0 aliphatic carbocycles. The van der Waals surface area contributed by atoms with Crippen molar-refractivity contribution < 1.29 is 0 Å². The van der Waals surface area contributed by atoms with Crippen LogP contribution in [0.15, 0.2) is 27.4 Å². The normalized spacial score (nSPS) is 9.75. The zero-order valence-electron chi connectivity index (χ0n) is 4.82. The number of hydrogen-bond donors (Lipinski definition) is 0. The zero-order chi connectivity index (χ0) is 6.57. The molecule has 0 atom stereocenters. The molecule has 0 N–H and O–H groups in total. The molecule has 0 amide bonds. The molecule has 8 heavy (non-hydrogen) atoms. The molecule has 0 saturated heterocycles. The van der Waals surface area contributed by atoms with Crippen LogP contribution in [-0.4, -0.2) is 6.21 Å². The summed E-state index contributed by atoms with van der Waals surface area (Å²) in [5, 5.41) is 0. The van der Waals surface area contributed by atoms with Crippen LogP contribution in [0.4, 0.5) is 0 Å². The predicted octanol–water partition coefficient (Wildman–Crippen LogP) is 2.54. The van der Waals surface area contributed by atoms with E-state index in [1.165, 1.54) is 0 Å². The van der Waals surface area contributed by atoms with Gasteiger partial charge in [0.05, 0.1) is 0 Å². The first-order valence-corrected chi connectivity index (χ1v) is 3.25. The second-order valence-electron chi connectivity index (χ2n) is 1.44. The highest BCUT2D eigenvalue weighted by molar-refractivity contribution is 14.1. The largest absolute Gasteiger partial charge is 0.261 e. The van der Waals surface area contributed by atoms with Gasteiger partial charge in [-0.15, -0.1) is 0 Å². The monoisotopic (exact) mass is 221 g/mol. The van der Waals surface area contributed by atoms with E-state index in [2.05, 4.69) is 40.7 Å². The van der Waals surface area contributed by atoms with Crippen LogP contribution in [0.3, 0.4) is 0 Å². The molecule has 0 rings (SSSR count). The van der Waals surface area contributed by atoms with E-state index >= 15 is 0 Å². The first kappa shape index (κ1) is 7.88. The Morgan fingerprint density at radius 3 is 2.25 bits per heavy atom. The highest BCUT2D eigenvalue weighted by Gasteiger charge is 1.75. The maximum Gasteiger partial charge on any atom is 0.0398 e. The Morgan fingerprint density at radius 1 is 1.62 bits per heavy atom. The standard InChI is InChI=1S/C6H8IN/c1-5(2)8-4-6(3)7/h4H,1,3H2,2H3. The molecule has 0 aliphatic rings. The van der Waals surface area contributed by atoms with Crippen molar-refractivity contribution in [1.82, 2.24) is 0 Å². The van der Waals surface area contributed by atoms with Gasteiger partial charge >= 0.3 is 0 Å². The second kappa shape index (κ2) is 3.83. The first-order chi connectivity index (χ1) is 3.63. The second-order valence-corrected chi connectivity index (χ2v) is 2.83. The summed E-state index contributed by atoms with van der Waals surface area (Å²) in [5.41, 5.74) is 0.808. The van der Waals surface area contributed by atoms with E-state index in [0.29, 0.717) is 0 Å². The maximum absolute atomic E-state index is 3.90. The summed E-state index contributed by atoms with van der Waals surface area (Å²) in [6.07, 6.45) is 1.68. The van der Waals surface area contributed by atoms with Crippen LogP contribution < -0.4 is 0 Å². The zero-order valence-corrected chi connectivity index (χ0v) is 6.97. The maximum atomic E-state index is 3.90. The third-order valence-corrected chi connectivity index (χ3v) is 0.704. The van der Waals surface area contributed by atoms with E-state index in [0.717, 1.165) is 9.28 Å². The number of hydrogen-bond acceptors (Lipinski definition) is 1. The third-order valence-electron chi connectivity index (χ3n) is 0.425. The number of halogens is 1. The van der Waals surface area contributed by atoms with Crippen molar-refractivity contribution in [2.24, 2.45) is 4.99 Å². The van der Waals surface area contributed by atoms with Gasteiger partial charge in [-0.3, -0.25) is 4.99 Å². The SMILES string of the molecule is C=C(I)C=NC(=C)C. The summed E-state index contributed by atoms with van der Waals surface area (Å²) in [6, 6.07) is 0. The molecule has 0 aromatic rings. The van der Waals surface area contributed by atoms with Crippen molar-refractivity contribution >= 4 is 28.8 Å². The number of allylic oxidation sites excluding steroid dienone is 2. The van der Waals surface area contributed by atoms with Crippen LogP contribution in [0.5, 0.6) is 0 Å². The Bertz CT molecular complexity index is 119. The van der Waals surface area contributed by atoms with Crippen molar-refractivity contribution in [3.05, 3.63) is 22.4 Å². The summed E-state index contributed by atoms with van der Waals surface area (Å²) in [5.74, 6) is 0. The van der Waals surface area contributed by atoms with E-state index in [-0.39, 0.29) is 0 Å². The van der Waals surface area contributed by atoms with Gasteiger partial charge in [0, 0.05) is 15.5 Å². The van der Waals surface area contributed by atoms with Crippen molar-refractivity contribution in [3.63, 3.8) is 0 Å². The van der Waals surface area contributed by atoms with Crippen LogP contribution in [0, 0.1) is 0 Å². The quantitative estimate of drug-likeness (QED) is 0.501. The molecule has 0 saturated carbocycles. The Labute approximate surface area is 63.3 Å². The minimum absolute atomic E-state index is 0.808. The average Bonchev–Trinajstić information content (AvgIpc) is 1.61. The van der Waals surface area contributed by atoms with Gasteiger partial charge in [0.1, 0.15) is 0 Å². The highest BCUT2D eigenvalue weighted by Crippen LogP contribution is 1.98. The van der Waals surface area contributed by atoms with Crippen LogP contribution in [0.1, 0.15) is 6.92 Å². The van der Waals surface area contributed by atoms with Crippen LogP contribution in [0.25, 0.3) is 0 Å². The number of nitrogens with zero attached hydrogens (tertiary/aromatic N) is 1. The number of aliphatic imine (C=N–C) groups is 1. The molecular weight excluding hydrogens is 213 g/mol. The van der Waals surface area contributed by atoms with Crippen LogP contribution >= 0.6 is 22.6 Å². The van der Waals surface area contributed by atoms with Crippen molar-refractivity contribution in [3.8, 4) is 0 Å². The molecule has 1 nitrogen and oxygen atoms in total. The average molecular weight is 221 g/mol. The minimum atomic E-state index is 0.808. The lowest BCUT2D eigenvalue weighted by Gasteiger charge is -1.82. The molecule has 0 radical (unpaired) electrons. The Hall–Kier alpha value is -0.120. The van der Waals surface area contributed by atoms with Gasteiger partial charge < -0.3 is 0 Å². The van der Waals surface area contributed by atoms with E-state index in [1.807, 2.05) is 6.92 Å². The molecule has 2 heteroatoms. The van der Waals surface area contributed by atoms with Gasteiger partial charge in [-0.05, 0) is 29.5 Å². The summed E-state index contributed by atoms with van der Waals surface area (Å²) < 4.78 is 0.922. The van der Waals surface area contributed by atoms with Crippen LogP contribution in [-0.2, 0) is 0 Å². The van der Waals surface area contributed by atoms with E-state index < -0.39 is 0 Å². The summed E-state index contributed by atoms with van der Waals surface area (Å²) in [6.45, 7) is 9.05. The first-order valence-electron chi connectivity index (χ1n) is 2.17. The fourth-order valence-electron chi connectivity index (χ4n) is 0.180. The predicted molar refractivity (Wildman–Crippen MR) is 46.5 cm³/mol. The van der Waals surface area contributed by atoms with Gasteiger partial charge in [0.15, 0.2) is 0 Å². The highest BCUT2D eigenvalue weighted by atomic mass is 127. The van der Waals surface area contributed by atoms with Gasteiger partial charge in [-0.1, -0.05) is 13.2 Å². The summed E-state index contributed by atoms with van der Waals surface area (Å²) >= 11 is 2.09. The van der Waals surface area contributed by atoms with E-state index in [1.54, 1.807) is 6.21 Å². The van der Waals surface area contributed by atoms with Gasteiger partial charge in [0.25, 0.3) is 0 Å². The lowest BCUT2D eigenvalue weighted by molar-refractivity contribution is 1.34. The Kier molecular flexibility index (Phi) is 3.77. The van der Waals surface area contributed by atoms with Crippen molar-refractivity contribution in [2.75, 3.05) is 0 Å². The molecule has 0 spiro atoms. The smallest absolute Gasteiger partial charge is 0.0398 e. The van der Waals surface area contributed by atoms with Crippen molar-refractivity contribution in [2.45, 2.75) is 6.92 Å². The van der Waals surface area contributed by atoms with E-state index in [4.69, 9.17) is 0 Å². The van der Waals surface area contributed by atoms with E-state index in [9.17, 15) is 0 Å². The van der Waals surface area contributed by atoms with Crippen molar-refractivity contribution in [1.29, 1.82) is 0 Å². The Balaban J connectivity index is 3.67. The fraction of sp³-hybridized carbons (Fsp3) is 0.167. The van der Waals surface area contributed by atoms with Gasteiger partial charge in [-0.25, -0.2) is 0 Å². The fourth-order valence-corrected chi connectivity index (χ4v) is 0.320. The Morgan fingerprint density at radius 2 is 2.12 bits per heavy atom. The molecule has 0 aromatic heterocycles. The molecule has 44 valence electrons. The lowest BCUT2D eigenvalue weighted by Crippen LogP contribution is -1.68. The molecule has 0 bridgehead atoms. The molecule has 0 fully saturated rings. The molecule has 0 unspecified atom stereocenters. The molecule has 0 aliphatic heterocycles. The summed E-state index contributed by atoms with van der Waals surface area (Å²) in [4.78, 5) is 3.90. The topological polar surface area (TPSA) is 12.4 Å². The third kappa shape index (κ3) is 5.88. The molecule has 0 heterocycles. The molecular formula is C6H8IN. The van der Waals surface area contributed by atoms with Gasteiger partial charge in [-0.2, -0.15) is 0 Å². The van der Waals surface area contributed by atoms with Crippen LogP contribution in [0.2, 0.25) is 0 Å².